The van der Waals surface area contributed by atoms with Gasteiger partial charge in [-0.1, -0.05) is 78.9 Å². The summed E-state index contributed by atoms with van der Waals surface area (Å²) in [6, 6.07) is 40.7. The third-order valence-corrected chi connectivity index (χ3v) is 7.54. The van der Waals surface area contributed by atoms with Gasteiger partial charge in [-0.15, -0.1) is 0 Å². The maximum atomic E-state index is 4.80. The number of benzene rings is 4. The molecule has 0 saturated carbocycles. The summed E-state index contributed by atoms with van der Waals surface area (Å²) < 4.78 is 2.24. The van der Waals surface area contributed by atoms with E-state index in [1.165, 1.54) is 44.2 Å². The van der Waals surface area contributed by atoms with E-state index in [0.29, 0.717) is 0 Å². The fraction of sp³-hybridized carbons (Fsp3) is 0.0556. The number of aryl methyl sites for hydroxylation is 2. The molecule has 3 nitrogen and oxygen atoms in total. The van der Waals surface area contributed by atoms with Crippen molar-refractivity contribution in [2.75, 3.05) is 0 Å². The smallest absolute Gasteiger partial charge is 0.137 e. The molecule has 0 fully saturated rings. The number of fused-ring (bicyclic) bond motifs is 3. The van der Waals surface area contributed by atoms with Gasteiger partial charge < -0.3 is 0 Å². The first-order chi connectivity index (χ1) is 19.2. The standard InChI is InChI=1S/C36H27N3/c1-24-20-29(26-10-4-3-5-11-26)21-25(2)36(24)28-17-19-37-32(22-28)27-15-16-31-30-12-6-7-13-33(30)39(34(31)23-27)35-14-8-9-18-38-35/h3-23H,1-2H3. The number of rotatable bonds is 4. The molecular weight excluding hydrogens is 474 g/mol. The van der Waals surface area contributed by atoms with Gasteiger partial charge in [0.25, 0.3) is 0 Å². The lowest BCUT2D eigenvalue weighted by molar-refractivity contribution is 1.08. The summed E-state index contributed by atoms with van der Waals surface area (Å²) in [5, 5.41) is 2.43. The van der Waals surface area contributed by atoms with Crippen molar-refractivity contribution in [1.29, 1.82) is 0 Å². The lowest BCUT2D eigenvalue weighted by Gasteiger charge is -2.14. The van der Waals surface area contributed by atoms with Gasteiger partial charge in [0.2, 0.25) is 0 Å². The van der Waals surface area contributed by atoms with E-state index in [1.807, 2.05) is 24.5 Å². The first kappa shape index (κ1) is 23.1. The second-order valence-corrected chi connectivity index (χ2v) is 10.1. The van der Waals surface area contributed by atoms with Crippen LogP contribution in [0.25, 0.3) is 61.1 Å². The van der Waals surface area contributed by atoms with Crippen LogP contribution in [0, 0.1) is 13.8 Å². The Kier molecular flexibility index (Phi) is 5.56. The average Bonchev–Trinajstić information content (AvgIpc) is 3.31. The van der Waals surface area contributed by atoms with Crippen LogP contribution in [0.3, 0.4) is 0 Å². The molecule has 0 N–H and O–H groups in total. The second kappa shape index (κ2) is 9.38. The van der Waals surface area contributed by atoms with Crippen LogP contribution in [0.15, 0.2) is 128 Å². The van der Waals surface area contributed by atoms with E-state index in [2.05, 4.69) is 127 Å². The Hall–Kier alpha value is -5.02. The molecule has 7 aromatic rings. The molecule has 3 aromatic heterocycles. The van der Waals surface area contributed by atoms with Gasteiger partial charge in [-0.2, -0.15) is 0 Å². The van der Waals surface area contributed by atoms with Crippen LogP contribution < -0.4 is 0 Å². The average molecular weight is 502 g/mol. The van der Waals surface area contributed by atoms with E-state index < -0.39 is 0 Å². The van der Waals surface area contributed by atoms with E-state index in [4.69, 9.17) is 4.98 Å². The Morgan fingerprint density at radius 1 is 0.487 bits per heavy atom. The van der Waals surface area contributed by atoms with Crippen LogP contribution in [0.4, 0.5) is 0 Å². The summed E-state index contributed by atoms with van der Waals surface area (Å²) in [6.07, 6.45) is 3.77. The van der Waals surface area contributed by atoms with Crippen LogP contribution in [0.2, 0.25) is 0 Å². The van der Waals surface area contributed by atoms with E-state index in [-0.39, 0.29) is 0 Å². The van der Waals surface area contributed by atoms with Crippen LogP contribution >= 0.6 is 0 Å². The third-order valence-electron chi connectivity index (χ3n) is 7.54. The minimum atomic E-state index is 0.910. The molecule has 3 heteroatoms. The zero-order chi connectivity index (χ0) is 26.3. The summed E-state index contributed by atoms with van der Waals surface area (Å²) >= 11 is 0. The maximum absolute atomic E-state index is 4.80. The molecule has 0 aliphatic carbocycles. The van der Waals surface area contributed by atoms with Crippen molar-refractivity contribution in [3.8, 4) is 39.3 Å². The van der Waals surface area contributed by atoms with Crippen molar-refractivity contribution >= 4 is 21.8 Å². The minimum Gasteiger partial charge on any atom is -0.294 e. The predicted molar refractivity (Wildman–Crippen MR) is 162 cm³/mol. The molecule has 4 aromatic carbocycles. The van der Waals surface area contributed by atoms with Crippen LogP contribution in [-0.2, 0) is 0 Å². The normalized spacial score (nSPS) is 11.3. The largest absolute Gasteiger partial charge is 0.294 e. The fourth-order valence-electron chi connectivity index (χ4n) is 5.82. The van der Waals surface area contributed by atoms with Gasteiger partial charge in [0.15, 0.2) is 0 Å². The van der Waals surface area contributed by atoms with Gasteiger partial charge >= 0.3 is 0 Å². The van der Waals surface area contributed by atoms with Gasteiger partial charge in [0.1, 0.15) is 5.82 Å². The van der Waals surface area contributed by atoms with Gasteiger partial charge in [0, 0.05) is 28.7 Å². The van der Waals surface area contributed by atoms with Gasteiger partial charge in [-0.25, -0.2) is 4.98 Å². The summed E-state index contributed by atoms with van der Waals surface area (Å²) in [6.45, 7) is 4.40. The number of nitrogens with zero attached hydrogens (tertiary/aromatic N) is 3. The lowest BCUT2D eigenvalue weighted by atomic mass is 9.91. The monoisotopic (exact) mass is 501 g/mol. The second-order valence-electron chi connectivity index (χ2n) is 10.1. The molecule has 7 rings (SSSR count). The highest BCUT2D eigenvalue weighted by Crippen LogP contribution is 2.36. The highest BCUT2D eigenvalue weighted by molar-refractivity contribution is 6.10. The molecule has 0 radical (unpaired) electrons. The van der Waals surface area contributed by atoms with Crippen molar-refractivity contribution in [2.24, 2.45) is 0 Å². The molecule has 39 heavy (non-hydrogen) atoms. The molecule has 0 amide bonds. The van der Waals surface area contributed by atoms with Crippen molar-refractivity contribution in [1.82, 2.24) is 14.5 Å². The van der Waals surface area contributed by atoms with Crippen molar-refractivity contribution in [3.63, 3.8) is 0 Å². The Bertz CT molecular complexity index is 1950. The first-order valence-electron chi connectivity index (χ1n) is 13.3. The molecule has 0 saturated heterocycles. The molecule has 3 heterocycles. The molecule has 0 aliphatic heterocycles. The Morgan fingerprint density at radius 3 is 2.03 bits per heavy atom. The predicted octanol–water partition coefficient (Wildman–Crippen LogP) is 9.19. The van der Waals surface area contributed by atoms with E-state index in [0.717, 1.165) is 28.1 Å². The lowest BCUT2D eigenvalue weighted by Crippen LogP contribution is -1.96. The summed E-state index contributed by atoms with van der Waals surface area (Å²) in [5.41, 5.74) is 11.8. The van der Waals surface area contributed by atoms with E-state index in [1.54, 1.807) is 0 Å². The van der Waals surface area contributed by atoms with Crippen LogP contribution in [0.5, 0.6) is 0 Å². The zero-order valence-corrected chi connectivity index (χ0v) is 22.0. The molecule has 0 bridgehead atoms. The topological polar surface area (TPSA) is 30.7 Å². The first-order valence-corrected chi connectivity index (χ1v) is 13.3. The van der Waals surface area contributed by atoms with Crippen LogP contribution in [-0.4, -0.2) is 14.5 Å². The quantitative estimate of drug-likeness (QED) is 0.241. The van der Waals surface area contributed by atoms with E-state index >= 15 is 0 Å². The highest BCUT2D eigenvalue weighted by Gasteiger charge is 2.15. The zero-order valence-electron chi connectivity index (χ0n) is 22.0. The molecule has 0 unspecified atom stereocenters. The number of aromatic nitrogens is 3. The summed E-state index contributed by atoms with van der Waals surface area (Å²) in [7, 11) is 0. The highest BCUT2D eigenvalue weighted by atomic mass is 15.1. The number of hydrogen-bond donors (Lipinski definition) is 0. The van der Waals surface area contributed by atoms with Crippen LogP contribution in [0.1, 0.15) is 11.1 Å². The molecular formula is C36H27N3. The maximum Gasteiger partial charge on any atom is 0.137 e. The number of para-hydroxylation sites is 1. The molecule has 0 aliphatic rings. The number of pyridine rings is 2. The Labute approximate surface area is 228 Å². The minimum absolute atomic E-state index is 0.910. The number of hydrogen-bond acceptors (Lipinski definition) is 2. The molecule has 186 valence electrons. The fourth-order valence-corrected chi connectivity index (χ4v) is 5.82. The van der Waals surface area contributed by atoms with Gasteiger partial charge in [-0.3, -0.25) is 9.55 Å². The third kappa shape index (κ3) is 4.00. The Morgan fingerprint density at radius 2 is 1.23 bits per heavy atom. The van der Waals surface area contributed by atoms with Gasteiger partial charge in [0.05, 0.1) is 16.7 Å². The van der Waals surface area contributed by atoms with Crippen molar-refractivity contribution in [3.05, 3.63) is 139 Å². The summed E-state index contributed by atoms with van der Waals surface area (Å²) in [4.78, 5) is 9.47. The summed E-state index contributed by atoms with van der Waals surface area (Å²) in [5.74, 6) is 0.910. The van der Waals surface area contributed by atoms with E-state index in [9.17, 15) is 0 Å². The molecule has 0 atom stereocenters. The van der Waals surface area contributed by atoms with Crippen molar-refractivity contribution in [2.45, 2.75) is 13.8 Å². The Balaban J connectivity index is 1.36. The van der Waals surface area contributed by atoms with Gasteiger partial charge in [-0.05, 0) is 83.6 Å². The SMILES string of the molecule is Cc1cc(-c2ccccc2)cc(C)c1-c1ccnc(-c2ccc3c4ccccc4n(-c4ccccn4)c3c2)c1. The van der Waals surface area contributed by atoms with Crippen molar-refractivity contribution < 1.29 is 0 Å². The molecule has 0 spiro atoms.